The number of thioether (sulfide) groups is 1. The number of para-hydroxylation sites is 2. The van der Waals surface area contributed by atoms with Crippen molar-refractivity contribution in [1.82, 2.24) is 14.8 Å². The van der Waals surface area contributed by atoms with E-state index in [1.165, 1.54) is 34.0 Å². The van der Waals surface area contributed by atoms with E-state index in [0.29, 0.717) is 67.3 Å². The lowest BCUT2D eigenvalue weighted by molar-refractivity contribution is -0.129. The lowest BCUT2D eigenvalue weighted by atomic mass is 10.0. The van der Waals surface area contributed by atoms with E-state index in [4.69, 9.17) is 14.9 Å². The summed E-state index contributed by atoms with van der Waals surface area (Å²) in [6.07, 6.45) is 10.1. The number of likely N-dealkylation sites (tertiary alicyclic amines) is 2. The summed E-state index contributed by atoms with van der Waals surface area (Å²) in [4.78, 5) is 54.7. The molecule has 0 bridgehead atoms. The fourth-order valence-electron chi connectivity index (χ4n) is 8.51. The van der Waals surface area contributed by atoms with Gasteiger partial charge in [-0.15, -0.1) is 11.3 Å². The summed E-state index contributed by atoms with van der Waals surface area (Å²) in [5.41, 5.74) is 7.30. The Morgan fingerprint density at radius 2 is 1.46 bits per heavy atom. The van der Waals surface area contributed by atoms with Gasteiger partial charge in [0.05, 0.1) is 35.5 Å². The third-order valence-electron chi connectivity index (χ3n) is 11.9. The molecule has 4 heterocycles. The number of thiazole rings is 1. The zero-order valence-electron chi connectivity index (χ0n) is 37.5. The lowest BCUT2D eigenvalue weighted by Crippen LogP contribution is -2.33. The third-order valence-corrected chi connectivity index (χ3v) is 13.9. The number of aromatic carboxylic acids is 2. The monoisotopic (exact) mass is 944 g/mol. The van der Waals surface area contributed by atoms with Crippen LogP contribution in [0.25, 0.3) is 0 Å². The Balaban J connectivity index is 0.000000204. The maximum atomic E-state index is 12.4. The highest BCUT2D eigenvalue weighted by Crippen LogP contribution is 2.37. The number of amides is 2. The number of aliphatic hydroxyl groups excluding tert-OH is 2. The van der Waals surface area contributed by atoms with Crippen molar-refractivity contribution in [3.63, 3.8) is 0 Å². The Labute approximate surface area is 398 Å². The van der Waals surface area contributed by atoms with Gasteiger partial charge in [0.15, 0.2) is 16.3 Å². The molecular formula is C52H56N4O9S2. The number of anilines is 1. The van der Waals surface area contributed by atoms with E-state index in [2.05, 4.69) is 16.4 Å². The van der Waals surface area contributed by atoms with Crippen LogP contribution in [0.15, 0.2) is 125 Å². The van der Waals surface area contributed by atoms with Gasteiger partial charge in [-0.25, -0.2) is 14.6 Å². The van der Waals surface area contributed by atoms with E-state index in [0.717, 1.165) is 45.7 Å². The van der Waals surface area contributed by atoms with Gasteiger partial charge in [0, 0.05) is 55.5 Å². The summed E-state index contributed by atoms with van der Waals surface area (Å²) in [7, 11) is 0. The van der Waals surface area contributed by atoms with Crippen molar-refractivity contribution in [2.45, 2.75) is 93.7 Å². The fourth-order valence-corrected chi connectivity index (χ4v) is 10.3. The van der Waals surface area contributed by atoms with Crippen LogP contribution >= 0.6 is 23.1 Å². The maximum Gasteiger partial charge on any atom is 0.355 e. The number of hydrogen-bond acceptors (Lipinski definition) is 11. The summed E-state index contributed by atoms with van der Waals surface area (Å²) in [5.74, 6) is -0.305. The van der Waals surface area contributed by atoms with Crippen molar-refractivity contribution in [2.24, 2.45) is 0 Å². The van der Waals surface area contributed by atoms with Crippen molar-refractivity contribution in [2.75, 3.05) is 24.2 Å². The van der Waals surface area contributed by atoms with Crippen molar-refractivity contribution in [1.29, 1.82) is 0 Å². The fraction of sp³-hybridized carbons (Fsp3) is 0.327. The molecule has 2 amide bonds. The molecule has 2 saturated heterocycles. The van der Waals surface area contributed by atoms with Gasteiger partial charge in [0.2, 0.25) is 11.8 Å². The van der Waals surface area contributed by atoms with Crippen LogP contribution in [0.4, 0.5) is 5.69 Å². The minimum Gasteiger partial charge on any atom is -0.478 e. The largest absolute Gasteiger partial charge is 0.478 e. The van der Waals surface area contributed by atoms with Gasteiger partial charge in [-0.3, -0.25) is 9.59 Å². The number of hydrogen-bond donors (Lipinski definition) is 5. The van der Waals surface area contributed by atoms with Gasteiger partial charge in [-0.2, -0.15) is 0 Å². The lowest BCUT2D eigenvalue weighted by Gasteiger charge is -2.23. The van der Waals surface area contributed by atoms with Crippen LogP contribution in [0.5, 0.6) is 5.75 Å². The molecule has 5 atom stereocenters. The number of carboxylic acid groups (broad SMARTS) is 2. The number of carbonyl (C=O) groups excluding carboxylic acids is 2. The molecule has 8 rings (SSSR count). The number of aliphatic hydroxyl groups is 2. The topological polar surface area (TPSA) is 190 Å². The molecule has 3 aliphatic rings. The van der Waals surface area contributed by atoms with Crippen LogP contribution in [0.2, 0.25) is 0 Å². The van der Waals surface area contributed by atoms with Crippen molar-refractivity contribution >= 4 is 52.5 Å². The number of carbonyl (C=O) groups is 4. The molecule has 350 valence electrons. The molecule has 1 aromatic heterocycles. The number of nitrogens with one attached hydrogen (secondary N) is 1. The molecule has 13 nitrogen and oxygen atoms in total. The second-order valence-corrected chi connectivity index (χ2v) is 19.1. The molecule has 3 unspecified atom stereocenters. The summed E-state index contributed by atoms with van der Waals surface area (Å²) in [5, 5.41) is 44.1. The van der Waals surface area contributed by atoms with Crippen LogP contribution in [0.1, 0.15) is 86.1 Å². The minimum atomic E-state index is -1.04. The van der Waals surface area contributed by atoms with Crippen LogP contribution in [-0.4, -0.2) is 102 Å². The quantitative estimate of drug-likeness (QED) is 0.0418. The summed E-state index contributed by atoms with van der Waals surface area (Å²) < 4.78 is 6.68. The van der Waals surface area contributed by atoms with Crippen molar-refractivity contribution in [3.05, 3.63) is 165 Å². The van der Waals surface area contributed by atoms with Crippen molar-refractivity contribution < 1.29 is 44.3 Å². The highest BCUT2D eigenvalue weighted by molar-refractivity contribution is 8.01. The zero-order chi connectivity index (χ0) is 47.5. The Bertz CT molecular complexity index is 2590. The van der Waals surface area contributed by atoms with E-state index in [9.17, 15) is 29.4 Å². The van der Waals surface area contributed by atoms with Crippen LogP contribution in [0.3, 0.4) is 0 Å². The standard InChI is InChI=1S/C27H27N3O5S2.C25H29NO4/c31-20(15-17-4-3-5-18(14-17)25-28-21-6-1-2-7-23(21)35-25)10-8-19-9-11-24(32)30(19)12-13-36-27-29-22(16-37-27)26(33)34;1-17-4-3-5-20(14-17)16-22(27)9-7-21-8-11-24(28)26(21)13-12-19-6-10-23(25(29)30)18(2)15-19/h1-8,10,14,16,19-20,25,28,31H,9,11-13,15H2,(H,33,34);3-7,9-10,14-15,21-22,27H,8,11-13,16H2,1-2H3,(H,29,30)/b10-8+;9-7+/t19?,20-,25?;21?,22-/m11/s1. The molecule has 15 heteroatoms. The Kier molecular flexibility index (Phi) is 16.7. The van der Waals surface area contributed by atoms with E-state index < -0.39 is 24.1 Å². The molecule has 5 aromatic rings. The van der Waals surface area contributed by atoms with Crippen LogP contribution < -0.4 is 10.1 Å². The Morgan fingerprint density at radius 1 is 0.806 bits per heavy atom. The zero-order valence-corrected chi connectivity index (χ0v) is 39.1. The molecule has 0 radical (unpaired) electrons. The first-order valence-electron chi connectivity index (χ1n) is 22.4. The first-order chi connectivity index (χ1) is 32.3. The van der Waals surface area contributed by atoms with Gasteiger partial charge >= 0.3 is 11.9 Å². The number of rotatable bonds is 18. The maximum absolute atomic E-state index is 12.4. The predicted octanol–water partition coefficient (Wildman–Crippen LogP) is 8.28. The molecule has 5 N–H and O–H groups in total. The minimum absolute atomic E-state index is 0.0101. The number of benzene rings is 4. The van der Waals surface area contributed by atoms with Gasteiger partial charge in [-0.05, 0) is 73.6 Å². The average molecular weight is 945 g/mol. The first-order valence-corrected chi connectivity index (χ1v) is 24.3. The molecule has 0 spiro atoms. The smallest absolute Gasteiger partial charge is 0.355 e. The number of ether oxygens (including phenoxy) is 1. The number of fused-ring (bicyclic) bond motifs is 1. The van der Waals surface area contributed by atoms with Crippen LogP contribution in [0, 0.1) is 13.8 Å². The highest BCUT2D eigenvalue weighted by Gasteiger charge is 2.30. The molecule has 67 heavy (non-hydrogen) atoms. The number of aryl methyl sites for hydroxylation is 2. The van der Waals surface area contributed by atoms with Gasteiger partial charge in [0.1, 0.15) is 5.75 Å². The SMILES string of the molecule is Cc1cccc(C[C@H](O)/C=C/C2CCC(=O)N2CCc2ccc(C(=O)O)c(C)c2)c1.O=C(O)c1csc(SCCN2C(=O)CCC2/C=C/[C@@H](O)Cc2cccc(C3Nc4ccccc4O3)c2)n1. The third kappa shape index (κ3) is 13.4. The highest BCUT2D eigenvalue weighted by atomic mass is 32.2. The van der Waals surface area contributed by atoms with Gasteiger partial charge in [0.25, 0.3) is 0 Å². The van der Waals surface area contributed by atoms with Gasteiger partial charge < -0.3 is 40.3 Å². The summed E-state index contributed by atoms with van der Waals surface area (Å²) >= 11 is 2.74. The van der Waals surface area contributed by atoms with Gasteiger partial charge in [-0.1, -0.05) is 114 Å². The van der Waals surface area contributed by atoms with E-state index in [1.54, 1.807) is 25.1 Å². The Morgan fingerprint density at radius 3 is 2.09 bits per heavy atom. The molecule has 0 aliphatic carbocycles. The normalized spacial score (nSPS) is 18.7. The second kappa shape index (κ2) is 23.0. The number of aromatic nitrogens is 1. The molecule has 0 saturated carbocycles. The summed E-state index contributed by atoms with van der Waals surface area (Å²) in [6.45, 7) is 4.93. The first kappa shape index (κ1) is 48.7. The predicted molar refractivity (Wildman–Crippen MR) is 260 cm³/mol. The van der Waals surface area contributed by atoms with E-state index >= 15 is 0 Å². The van der Waals surface area contributed by atoms with Crippen LogP contribution in [-0.2, 0) is 28.9 Å². The molecule has 4 aromatic carbocycles. The second-order valence-electron chi connectivity index (χ2n) is 16.9. The summed E-state index contributed by atoms with van der Waals surface area (Å²) in [6, 6.07) is 29.2. The average Bonchev–Trinajstić information content (AvgIpc) is 4.11. The Hall–Kier alpha value is -6.26. The van der Waals surface area contributed by atoms with Crippen molar-refractivity contribution in [3.8, 4) is 5.75 Å². The van der Waals surface area contributed by atoms with E-state index in [-0.39, 0.29) is 35.8 Å². The number of nitrogens with zero attached hydrogens (tertiary/aromatic N) is 3. The molecular weight excluding hydrogens is 889 g/mol. The van der Waals surface area contributed by atoms with E-state index in [1.807, 2.05) is 108 Å². The molecule has 2 fully saturated rings. The number of carboxylic acids is 2. The molecule has 3 aliphatic heterocycles.